The summed E-state index contributed by atoms with van der Waals surface area (Å²) in [6.45, 7) is 4.06. The van der Waals surface area contributed by atoms with Gasteiger partial charge in [0.25, 0.3) is 0 Å². The van der Waals surface area contributed by atoms with Crippen LogP contribution in [-0.2, 0) is 27.6 Å². The van der Waals surface area contributed by atoms with E-state index >= 15 is 0 Å². The van der Waals surface area contributed by atoms with Crippen LogP contribution in [0, 0.1) is 0 Å². The van der Waals surface area contributed by atoms with Crippen LogP contribution in [0.4, 0.5) is 9.59 Å². The lowest BCUT2D eigenvalue weighted by Gasteiger charge is -2.37. The molecule has 2 aromatic rings. The van der Waals surface area contributed by atoms with E-state index in [1.165, 1.54) is 5.06 Å². The Balaban J connectivity index is 1.09. The van der Waals surface area contributed by atoms with Crippen LogP contribution in [0.2, 0.25) is 0 Å². The molecule has 9 heteroatoms. The molecule has 37 heavy (non-hydrogen) atoms. The fourth-order valence-electron chi connectivity index (χ4n) is 5.39. The quantitative estimate of drug-likeness (QED) is 0.619. The van der Waals surface area contributed by atoms with Crippen molar-refractivity contribution in [2.75, 3.05) is 19.6 Å². The molecule has 1 N–H and O–H groups in total. The van der Waals surface area contributed by atoms with Gasteiger partial charge in [0.05, 0.1) is 5.54 Å². The molecule has 3 fully saturated rings. The Hall–Kier alpha value is -3.59. The second-order valence-electron chi connectivity index (χ2n) is 10.3. The molecule has 0 spiro atoms. The van der Waals surface area contributed by atoms with Gasteiger partial charge in [-0.15, -0.1) is 0 Å². The van der Waals surface area contributed by atoms with Crippen LogP contribution in [0.15, 0.2) is 60.7 Å². The summed E-state index contributed by atoms with van der Waals surface area (Å²) in [5, 5.41) is 4.59. The highest BCUT2D eigenvalue weighted by atomic mass is 16.7. The molecular formula is C28H34N4O5. The largest absolute Gasteiger partial charge is 0.445 e. The van der Waals surface area contributed by atoms with Crippen LogP contribution in [-0.4, -0.2) is 70.2 Å². The molecule has 0 radical (unpaired) electrons. The highest BCUT2D eigenvalue weighted by Gasteiger charge is 2.55. The Morgan fingerprint density at radius 1 is 0.946 bits per heavy atom. The molecule has 5 rings (SSSR count). The number of likely N-dealkylation sites (tertiary alicyclic amines) is 1. The summed E-state index contributed by atoms with van der Waals surface area (Å²) < 4.78 is 5.43. The minimum absolute atomic E-state index is 0.0397. The third kappa shape index (κ3) is 5.56. The number of nitrogens with one attached hydrogen (secondary N) is 1. The minimum Gasteiger partial charge on any atom is -0.445 e. The third-order valence-corrected chi connectivity index (χ3v) is 7.56. The standard InChI is InChI=1S/C28H34N4O5/c1-28-15-12-24(31(20-28)26(34)32(28)37-19-22-10-6-3-7-11-22)25(33)29-23-13-16-30(17-14-23)27(35)36-18-21-8-4-2-5-9-21/h2-11,23-24H,12-20H2,1H3,(H,29,33)/t24-,28+/m0/s1. The van der Waals surface area contributed by atoms with E-state index in [2.05, 4.69) is 5.32 Å². The Kier molecular flexibility index (Phi) is 7.32. The van der Waals surface area contributed by atoms with E-state index in [1.807, 2.05) is 67.6 Å². The van der Waals surface area contributed by atoms with Gasteiger partial charge in [-0.05, 0) is 43.7 Å². The fourth-order valence-corrected chi connectivity index (χ4v) is 5.39. The monoisotopic (exact) mass is 506 g/mol. The summed E-state index contributed by atoms with van der Waals surface area (Å²) in [7, 11) is 0. The SMILES string of the molecule is C[C@@]12CC[C@@H](C(=O)NC3CCN(C(=O)OCc4ccccc4)CC3)N(C1)C(=O)N2OCc1ccccc1. The van der Waals surface area contributed by atoms with Crippen LogP contribution >= 0.6 is 0 Å². The Morgan fingerprint density at radius 2 is 1.57 bits per heavy atom. The maximum absolute atomic E-state index is 13.2. The topological polar surface area (TPSA) is 91.4 Å². The van der Waals surface area contributed by atoms with Crippen molar-refractivity contribution in [1.29, 1.82) is 0 Å². The molecule has 2 aromatic carbocycles. The maximum atomic E-state index is 13.2. The Labute approximate surface area is 217 Å². The number of hydrogen-bond acceptors (Lipinski definition) is 5. The predicted molar refractivity (Wildman–Crippen MR) is 136 cm³/mol. The summed E-state index contributed by atoms with van der Waals surface area (Å²) in [4.78, 5) is 48.1. The van der Waals surface area contributed by atoms with Gasteiger partial charge >= 0.3 is 12.1 Å². The molecular weight excluding hydrogens is 472 g/mol. The van der Waals surface area contributed by atoms with Gasteiger partial charge < -0.3 is 19.9 Å². The number of hydroxylamine groups is 2. The molecule has 196 valence electrons. The van der Waals surface area contributed by atoms with Crippen molar-refractivity contribution in [3.05, 3.63) is 71.8 Å². The number of fused-ring (bicyclic) bond motifs is 2. The summed E-state index contributed by atoms with van der Waals surface area (Å²) in [5.74, 6) is -0.134. The fraction of sp³-hybridized carbons (Fsp3) is 0.464. The number of urea groups is 1. The van der Waals surface area contributed by atoms with Crippen molar-refractivity contribution < 1.29 is 24.0 Å². The maximum Gasteiger partial charge on any atom is 0.410 e. The van der Waals surface area contributed by atoms with E-state index < -0.39 is 11.6 Å². The van der Waals surface area contributed by atoms with Crippen molar-refractivity contribution in [2.24, 2.45) is 0 Å². The highest BCUT2D eigenvalue weighted by molar-refractivity contribution is 5.89. The Morgan fingerprint density at radius 3 is 2.22 bits per heavy atom. The normalized spacial score (nSPS) is 23.8. The first-order valence-corrected chi connectivity index (χ1v) is 13.0. The first kappa shape index (κ1) is 25.1. The molecule has 3 saturated heterocycles. The lowest BCUT2D eigenvalue weighted by molar-refractivity contribution is -0.171. The lowest BCUT2D eigenvalue weighted by Crippen LogP contribution is -2.55. The molecule has 0 aromatic heterocycles. The van der Waals surface area contributed by atoms with Crippen LogP contribution < -0.4 is 5.32 Å². The molecule has 3 aliphatic rings. The van der Waals surface area contributed by atoms with E-state index in [0.717, 1.165) is 11.1 Å². The van der Waals surface area contributed by atoms with E-state index in [4.69, 9.17) is 9.57 Å². The van der Waals surface area contributed by atoms with Gasteiger partial charge in [-0.1, -0.05) is 60.7 Å². The van der Waals surface area contributed by atoms with E-state index in [9.17, 15) is 14.4 Å². The molecule has 0 unspecified atom stereocenters. The minimum atomic E-state index is -0.514. The molecule has 0 saturated carbocycles. The van der Waals surface area contributed by atoms with Crippen LogP contribution in [0.25, 0.3) is 0 Å². The zero-order valence-corrected chi connectivity index (χ0v) is 21.2. The van der Waals surface area contributed by atoms with Crippen molar-refractivity contribution in [3.8, 4) is 0 Å². The summed E-state index contributed by atoms with van der Waals surface area (Å²) in [6.07, 6.45) is 2.24. The molecule has 3 heterocycles. The van der Waals surface area contributed by atoms with E-state index in [0.29, 0.717) is 51.9 Å². The van der Waals surface area contributed by atoms with Crippen molar-refractivity contribution >= 4 is 18.0 Å². The van der Waals surface area contributed by atoms with Gasteiger partial charge in [-0.2, -0.15) is 5.06 Å². The number of hydrogen-bond donors (Lipinski definition) is 1. The molecule has 0 aliphatic carbocycles. The van der Waals surface area contributed by atoms with Crippen LogP contribution in [0.1, 0.15) is 43.7 Å². The number of benzene rings is 2. The van der Waals surface area contributed by atoms with Crippen LogP contribution in [0.5, 0.6) is 0 Å². The zero-order chi connectivity index (χ0) is 25.8. The first-order valence-electron chi connectivity index (χ1n) is 13.0. The van der Waals surface area contributed by atoms with Gasteiger partial charge in [-0.3, -0.25) is 9.63 Å². The second-order valence-corrected chi connectivity index (χ2v) is 10.3. The number of piperidine rings is 2. The molecule has 3 aliphatic heterocycles. The lowest BCUT2D eigenvalue weighted by atomic mass is 9.89. The summed E-state index contributed by atoms with van der Waals surface area (Å²) in [5.41, 5.74) is 1.48. The Bertz CT molecular complexity index is 1110. The smallest absolute Gasteiger partial charge is 0.410 e. The van der Waals surface area contributed by atoms with Gasteiger partial charge in [0.15, 0.2) is 0 Å². The third-order valence-electron chi connectivity index (χ3n) is 7.56. The highest BCUT2D eigenvalue weighted by Crippen LogP contribution is 2.38. The van der Waals surface area contributed by atoms with Gasteiger partial charge in [0, 0.05) is 25.7 Å². The number of nitrogens with zero attached hydrogens (tertiary/aromatic N) is 3. The predicted octanol–water partition coefficient (Wildman–Crippen LogP) is 3.69. The van der Waals surface area contributed by atoms with Gasteiger partial charge in [-0.25, -0.2) is 9.59 Å². The number of carbonyl (C=O) groups excluding carboxylic acids is 3. The second kappa shape index (κ2) is 10.8. The van der Waals surface area contributed by atoms with E-state index in [1.54, 1.807) is 9.80 Å². The number of carbonyl (C=O) groups is 3. The van der Waals surface area contributed by atoms with Gasteiger partial charge in [0.1, 0.15) is 19.3 Å². The summed E-state index contributed by atoms with van der Waals surface area (Å²) in [6, 6.07) is 18.5. The molecule has 2 atom stereocenters. The number of ether oxygens (including phenoxy) is 1. The number of rotatable bonds is 7. The molecule has 9 nitrogen and oxygen atoms in total. The first-order chi connectivity index (χ1) is 17.9. The van der Waals surface area contributed by atoms with Crippen LogP contribution in [0.3, 0.4) is 0 Å². The molecule has 2 bridgehead atoms. The van der Waals surface area contributed by atoms with Crippen molar-refractivity contribution in [2.45, 2.75) is 63.4 Å². The van der Waals surface area contributed by atoms with Gasteiger partial charge in [0.2, 0.25) is 5.91 Å². The number of amides is 4. The van der Waals surface area contributed by atoms with Crippen molar-refractivity contribution in [1.82, 2.24) is 20.2 Å². The summed E-state index contributed by atoms with van der Waals surface area (Å²) >= 11 is 0. The average Bonchev–Trinajstić information content (AvgIpc) is 3.11. The van der Waals surface area contributed by atoms with Crippen molar-refractivity contribution in [3.63, 3.8) is 0 Å². The molecule has 4 amide bonds. The average molecular weight is 507 g/mol. The zero-order valence-electron chi connectivity index (χ0n) is 21.2. The van der Waals surface area contributed by atoms with E-state index in [-0.39, 0.29) is 30.7 Å².